The molecule has 11 heteroatoms. The van der Waals surface area contributed by atoms with E-state index in [1.54, 1.807) is 25.1 Å². The number of benzene rings is 2. The number of alkyl halides is 3. The Labute approximate surface area is 174 Å². The summed E-state index contributed by atoms with van der Waals surface area (Å²) >= 11 is 0. The molecule has 0 aliphatic heterocycles. The van der Waals surface area contributed by atoms with Crippen molar-refractivity contribution in [1.82, 2.24) is 14.3 Å². The van der Waals surface area contributed by atoms with E-state index in [4.69, 9.17) is 14.6 Å². The highest BCUT2D eigenvalue weighted by atomic mass is 19.4. The Bertz CT molecular complexity index is 1150. The lowest BCUT2D eigenvalue weighted by atomic mass is 10.2. The minimum absolute atomic E-state index is 0.0753. The monoisotopic (exact) mass is 437 g/mol. The van der Waals surface area contributed by atoms with Gasteiger partial charge < -0.3 is 14.6 Å². The number of rotatable bonds is 7. The molecular weight excluding hydrogens is 419 g/mol. The molecule has 3 aromatic rings. The van der Waals surface area contributed by atoms with Gasteiger partial charge in [-0.1, -0.05) is 0 Å². The zero-order valence-corrected chi connectivity index (χ0v) is 16.5. The fourth-order valence-corrected chi connectivity index (χ4v) is 2.72. The smallest absolute Gasteiger partial charge is 0.416 e. The van der Waals surface area contributed by atoms with Gasteiger partial charge in [-0.05, 0) is 55.0 Å². The molecule has 0 bridgehead atoms. The van der Waals surface area contributed by atoms with E-state index >= 15 is 0 Å². The average Bonchev–Trinajstić information content (AvgIpc) is 2.99. The van der Waals surface area contributed by atoms with E-state index in [0.717, 1.165) is 16.8 Å². The second kappa shape index (κ2) is 8.54. The van der Waals surface area contributed by atoms with Crippen LogP contribution in [0.5, 0.6) is 11.5 Å². The molecule has 31 heavy (non-hydrogen) atoms. The van der Waals surface area contributed by atoms with Crippen LogP contribution in [0.15, 0.2) is 47.3 Å². The second-order valence-corrected chi connectivity index (χ2v) is 6.61. The van der Waals surface area contributed by atoms with Gasteiger partial charge in [-0.15, -0.1) is 5.10 Å². The van der Waals surface area contributed by atoms with Crippen molar-refractivity contribution >= 4 is 5.97 Å². The summed E-state index contributed by atoms with van der Waals surface area (Å²) < 4.78 is 51.2. The predicted molar refractivity (Wildman–Crippen MR) is 102 cm³/mol. The van der Waals surface area contributed by atoms with Crippen molar-refractivity contribution in [3.8, 4) is 17.2 Å². The van der Waals surface area contributed by atoms with E-state index in [-0.39, 0.29) is 18.1 Å². The Morgan fingerprint density at radius 3 is 2.39 bits per heavy atom. The quantitative estimate of drug-likeness (QED) is 0.611. The van der Waals surface area contributed by atoms with Crippen molar-refractivity contribution in [1.29, 1.82) is 0 Å². The zero-order chi connectivity index (χ0) is 22.8. The summed E-state index contributed by atoms with van der Waals surface area (Å²) in [6.45, 7) is 1.18. The fraction of sp³-hybridized carbons (Fsp3) is 0.250. The highest BCUT2D eigenvalue weighted by Gasteiger charge is 2.30. The third-order valence-electron chi connectivity index (χ3n) is 4.38. The molecular formula is C20H18F3N3O5. The first kappa shape index (κ1) is 21.9. The summed E-state index contributed by atoms with van der Waals surface area (Å²) in [4.78, 5) is 23.0. The molecule has 0 aliphatic rings. The largest absolute Gasteiger partial charge is 0.486 e. The molecule has 2 aromatic carbocycles. The minimum Gasteiger partial charge on any atom is -0.486 e. The summed E-state index contributed by atoms with van der Waals surface area (Å²) in [5.41, 5.74) is -0.513. The molecule has 3 rings (SSSR count). The molecule has 0 aliphatic carbocycles. The summed E-state index contributed by atoms with van der Waals surface area (Å²) in [5.74, 6) is 0.00321. The maximum atomic E-state index is 12.7. The SMILES string of the molecule is Cc1cc(OCc2nn(-c3ccc(C(F)(F)F)cc3)c(=O)n2C)ccc1OCC(=O)O. The Morgan fingerprint density at radius 1 is 1.13 bits per heavy atom. The van der Waals surface area contributed by atoms with Crippen LogP contribution in [0, 0.1) is 6.92 Å². The lowest BCUT2D eigenvalue weighted by molar-refractivity contribution is -0.139. The van der Waals surface area contributed by atoms with Crippen molar-refractivity contribution in [2.45, 2.75) is 19.7 Å². The number of aliphatic carboxylic acids is 1. The Balaban J connectivity index is 1.74. The van der Waals surface area contributed by atoms with Gasteiger partial charge in [0.05, 0.1) is 11.3 Å². The molecule has 1 N–H and O–H groups in total. The van der Waals surface area contributed by atoms with Crippen LogP contribution < -0.4 is 15.2 Å². The van der Waals surface area contributed by atoms with E-state index < -0.39 is 30.0 Å². The van der Waals surface area contributed by atoms with Crippen molar-refractivity contribution < 1.29 is 32.5 Å². The maximum Gasteiger partial charge on any atom is 0.416 e. The highest BCUT2D eigenvalue weighted by Crippen LogP contribution is 2.29. The number of hydrogen-bond acceptors (Lipinski definition) is 5. The normalized spacial score (nSPS) is 11.4. The van der Waals surface area contributed by atoms with Crippen LogP contribution in [0.25, 0.3) is 5.69 Å². The number of hydrogen-bond donors (Lipinski definition) is 1. The van der Waals surface area contributed by atoms with Crippen LogP contribution in [-0.2, 0) is 24.6 Å². The summed E-state index contributed by atoms with van der Waals surface area (Å²) in [7, 11) is 1.47. The Hall–Kier alpha value is -3.76. The van der Waals surface area contributed by atoms with Gasteiger partial charge in [0.2, 0.25) is 0 Å². The molecule has 0 amide bonds. The lowest BCUT2D eigenvalue weighted by Gasteiger charge is -2.10. The molecule has 0 saturated carbocycles. The van der Waals surface area contributed by atoms with Gasteiger partial charge in [-0.2, -0.15) is 17.9 Å². The van der Waals surface area contributed by atoms with Crippen LogP contribution in [-0.4, -0.2) is 32.0 Å². The number of carbonyl (C=O) groups is 1. The molecule has 0 saturated heterocycles. The van der Waals surface area contributed by atoms with Crippen LogP contribution in [0.1, 0.15) is 17.0 Å². The minimum atomic E-state index is -4.47. The highest BCUT2D eigenvalue weighted by molar-refractivity contribution is 5.68. The molecule has 0 atom stereocenters. The molecule has 8 nitrogen and oxygen atoms in total. The molecule has 0 radical (unpaired) electrons. The van der Waals surface area contributed by atoms with Crippen molar-refractivity contribution in [3.05, 3.63) is 69.9 Å². The van der Waals surface area contributed by atoms with E-state index in [9.17, 15) is 22.8 Å². The first-order valence-corrected chi connectivity index (χ1v) is 8.97. The predicted octanol–water partition coefficient (Wildman–Crippen LogP) is 2.94. The topological polar surface area (TPSA) is 95.6 Å². The third-order valence-corrected chi connectivity index (χ3v) is 4.38. The number of carboxylic acid groups (broad SMARTS) is 1. The first-order valence-electron chi connectivity index (χ1n) is 8.97. The molecule has 164 valence electrons. The third kappa shape index (κ3) is 5.05. The summed E-state index contributed by atoms with van der Waals surface area (Å²) in [6, 6.07) is 8.87. The average molecular weight is 437 g/mol. The zero-order valence-electron chi connectivity index (χ0n) is 16.5. The molecule has 0 unspecified atom stereocenters. The van der Waals surface area contributed by atoms with Gasteiger partial charge in [0, 0.05) is 7.05 Å². The van der Waals surface area contributed by atoms with E-state index in [1.165, 1.54) is 23.7 Å². The van der Waals surface area contributed by atoms with Gasteiger partial charge in [-0.25, -0.2) is 9.59 Å². The number of ether oxygens (including phenoxy) is 2. The number of nitrogens with zero attached hydrogens (tertiary/aromatic N) is 3. The van der Waals surface area contributed by atoms with Crippen LogP contribution in [0.2, 0.25) is 0 Å². The number of aromatic nitrogens is 3. The van der Waals surface area contributed by atoms with E-state index in [2.05, 4.69) is 5.10 Å². The van der Waals surface area contributed by atoms with Gasteiger partial charge in [0.1, 0.15) is 18.1 Å². The van der Waals surface area contributed by atoms with Gasteiger partial charge in [0.25, 0.3) is 0 Å². The fourth-order valence-electron chi connectivity index (χ4n) is 2.72. The second-order valence-electron chi connectivity index (χ2n) is 6.61. The van der Waals surface area contributed by atoms with Gasteiger partial charge in [0.15, 0.2) is 12.4 Å². The summed E-state index contributed by atoms with van der Waals surface area (Å²) in [5, 5.41) is 12.8. The Kier molecular flexibility index (Phi) is 6.04. The van der Waals surface area contributed by atoms with E-state index in [0.29, 0.717) is 17.1 Å². The maximum absolute atomic E-state index is 12.7. The van der Waals surface area contributed by atoms with Gasteiger partial charge in [-0.3, -0.25) is 4.57 Å². The molecule has 1 aromatic heterocycles. The Morgan fingerprint density at radius 2 is 1.81 bits per heavy atom. The van der Waals surface area contributed by atoms with Crippen molar-refractivity contribution in [3.63, 3.8) is 0 Å². The van der Waals surface area contributed by atoms with Crippen LogP contribution in [0.3, 0.4) is 0 Å². The van der Waals surface area contributed by atoms with Crippen molar-refractivity contribution in [2.24, 2.45) is 7.05 Å². The van der Waals surface area contributed by atoms with Crippen LogP contribution in [0.4, 0.5) is 13.2 Å². The molecule has 0 spiro atoms. The number of halogens is 3. The molecule has 1 heterocycles. The first-order chi connectivity index (χ1) is 14.6. The summed E-state index contributed by atoms with van der Waals surface area (Å²) in [6.07, 6.45) is -4.47. The number of aryl methyl sites for hydroxylation is 1. The van der Waals surface area contributed by atoms with Crippen LogP contribution >= 0.6 is 0 Å². The van der Waals surface area contributed by atoms with Gasteiger partial charge >= 0.3 is 17.8 Å². The van der Waals surface area contributed by atoms with E-state index in [1.807, 2.05) is 0 Å². The van der Waals surface area contributed by atoms with Crippen molar-refractivity contribution in [2.75, 3.05) is 6.61 Å². The molecule has 0 fully saturated rings. The standard InChI is InChI=1S/C20H18F3N3O5/c1-12-9-15(7-8-16(12)31-11-18(27)28)30-10-17-24-26(19(29)25(17)2)14-5-3-13(4-6-14)20(21,22)23/h3-9H,10-11H2,1-2H3,(H,27,28). The number of carboxylic acids is 1. The lowest BCUT2D eigenvalue weighted by Crippen LogP contribution is -2.22.